The van der Waals surface area contributed by atoms with Crippen molar-refractivity contribution in [2.45, 2.75) is 25.8 Å². The SMILES string of the molecule is CCOC(=O)[C@@]1(Cc2ccccc2)NC(=O)[C@@H](C(=O)OC)[C@@H]1C. The largest absolute Gasteiger partial charge is 0.468 e. The molecule has 1 aliphatic heterocycles. The van der Waals surface area contributed by atoms with Crippen molar-refractivity contribution in [2.24, 2.45) is 11.8 Å². The number of hydrogen-bond acceptors (Lipinski definition) is 5. The molecular formula is C17H21NO5. The van der Waals surface area contributed by atoms with Gasteiger partial charge in [0.1, 0.15) is 11.5 Å². The molecule has 124 valence electrons. The van der Waals surface area contributed by atoms with Gasteiger partial charge in [0.2, 0.25) is 5.91 Å². The van der Waals surface area contributed by atoms with Gasteiger partial charge in [0, 0.05) is 12.3 Å². The molecule has 0 bridgehead atoms. The third-order valence-corrected chi connectivity index (χ3v) is 4.33. The Bertz CT molecular complexity index is 600. The highest BCUT2D eigenvalue weighted by Crippen LogP contribution is 2.36. The van der Waals surface area contributed by atoms with E-state index in [9.17, 15) is 14.4 Å². The van der Waals surface area contributed by atoms with E-state index >= 15 is 0 Å². The number of nitrogens with one attached hydrogen (secondary N) is 1. The molecule has 1 saturated heterocycles. The van der Waals surface area contributed by atoms with Gasteiger partial charge < -0.3 is 14.8 Å². The van der Waals surface area contributed by atoms with E-state index in [0.717, 1.165) is 5.56 Å². The summed E-state index contributed by atoms with van der Waals surface area (Å²) in [6, 6.07) is 9.31. The molecule has 1 aromatic carbocycles. The van der Waals surface area contributed by atoms with E-state index < -0.39 is 35.2 Å². The van der Waals surface area contributed by atoms with Crippen molar-refractivity contribution in [2.75, 3.05) is 13.7 Å². The molecule has 1 N–H and O–H groups in total. The van der Waals surface area contributed by atoms with Gasteiger partial charge in [-0.3, -0.25) is 9.59 Å². The molecular weight excluding hydrogens is 298 g/mol. The number of ether oxygens (including phenoxy) is 2. The first-order valence-corrected chi connectivity index (χ1v) is 7.57. The summed E-state index contributed by atoms with van der Waals surface area (Å²) in [4.78, 5) is 36.8. The maximum Gasteiger partial charge on any atom is 0.332 e. The molecule has 3 atom stereocenters. The Morgan fingerprint density at radius 2 is 1.91 bits per heavy atom. The van der Waals surface area contributed by atoms with Crippen molar-refractivity contribution in [3.63, 3.8) is 0 Å². The summed E-state index contributed by atoms with van der Waals surface area (Å²) in [6.45, 7) is 3.59. The lowest BCUT2D eigenvalue weighted by atomic mass is 9.77. The molecule has 0 aromatic heterocycles. The van der Waals surface area contributed by atoms with Crippen molar-refractivity contribution in [3.05, 3.63) is 35.9 Å². The highest BCUT2D eigenvalue weighted by atomic mass is 16.5. The van der Waals surface area contributed by atoms with E-state index in [0.29, 0.717) is 0 Å². The molecule has 1 aromatic rings. The number of carbonyl (C=O) groups excluding carboxylic acids is 3. The third-order valence-electron chi connectivity index (χ3n) is 4.33. The highest BCUT2D eigenvalue weighted by molar-refractivity contribution is 6.04. The normalized spacial score (nSPS) is 26.5. The van der Waals surface area contributed by atoms with Crippen LogP contribution in [0.15, 0.2) is 30.3 Å². The van der Waals surface area contributed by atoms with Gasteiger partial charge >= 0.3 is 11.9 Å². The number of methoxy groups -OCH3 is 1. The van der Waals surface area contributed by atoms with Crippen LogP contribution < -0.4 is 5.32 Å². The number of hydrogen-bond donors (Lipinski definition) is 1. The fraction of sp³-hybridized carbons (Fsp3) is 0.471. The van der Waals surface area contributed by atoms with Crippen LogP contribution in [-0.4, -0.2) is 37.1 Å². The molecule has 0 unspecified atom stereocenters. The van der Waals surface area contributed by atoms with Gasteiger partial charge in [-0.05, 0) is 12.5 Å². The minimum Gasteiger partial charge on any atom is -0.468 e. The van der Waals surface area contributed by atoms with E-state index in [1.54, 1.807) is 13.8 Å². The Kier molecular flexibility index (Phi) is 5.03. The zero-order chi connectivity index (χ0) is 17.0. The maximum atomic E-state index is 12.6. The van der Waals surface area contributed by atoms with Gasteiger partial charge in [0.05, 0.1) is 13.7 Å². The van der Waals surface area contributed by atoms with Crippen LogP contribution in [0, 0.1) is 11.8 Å². The Labute approximate surface area is 135 Å². The molecule has 6 heteroatoms. The van der Waals surface area contributed by atoms with Crippen molar-refractivity contribution >= 4 is 17.8 Å². The highest BCUT2D eigenvalue weighted by Gasteiger charge is 2.59. The molecule has 1 fully saturated rings. The van der Waals surface area contributed by atoms with E-state index in [2.05, 4.69) is 5.32 Å². The molecule has 23 heavy (non-hydrogen) atoms. The Morgan fingerprint density at radius 3 is 2.48 bits per heavy atom. The minimum atomic E-state index is -1.27. The van der Waals surface area contributed by atoms with Gasteiger partial charge in [0.25, 0.3) is 0 Å². The number of esters is 2. The standard InChI is InChI=1S/C17H21NO5/c1-4-23-16(21)17(10-12-8-6-5-7-9-12)11(2)13(14(19)18-17)15(20)22-3/h5-9,11,13H,4,10H2,1-3H3,(H,18,19)/t11-,13-,17-/m0/s1. The smallest absolute Gasteiger partial charge is 0.332 e. The number of amides is 1. The molecule has 1 heterocycles. The van der Waals surface area contributed by atoms with E-state index in [1.165, 1.54) is 7.11 Å². The van der Waals surface area contributed by atoms with Gasteiger partial charge in [0.15, 0.2) is 0 Å². The van der Waals surface area contributed by atoms with Crippen LogP contribution in [0.25, 0.3) is 0 Å². The maximum absolute atomic E-state index is 12.6. The Hall–Kier alpha value is -2.37. The first kappa shape index (κ1) is 17.0. The summed E-state index contributed by atoms with van der Waals surface area (Å²) in [6.07, 6.45) is 0.257. The quantitative estimate of drug-likeness (QED) is 0.649. The predicted octanol–water partition coefficient (Wildman–Crippen LogP) is 1.09. The van der Waals surface area contributed by atoms with Crippen molar-refractivity contribution < 1.29 is 23.9 Å². The van der Waals surface area contributed by atoms with Crippen molar-refractivity contribution in [3.8, 4) is 0 Å². The average Bonchev–Trinajstić information content (AvgIpc) is 2.79. The molecule has 1 aliphatic rings. The lowest BCUT2D eigenvalue weighted by Crippen LogP contribution is -2.55. The summed E-state index contributed by atoms with van der Waals surface area (Å²) >= 11 is 0. The minimum absolute atomic E-state index is 0.195. The zero-order valence-corrected chi connectivity index (χ0v) is 13.5. The van der Waals surface area contributed by atoms with E-state index in [-0.39, 0.29) is 13.0 Å². The fourth-order valence-corrected chi connectivity index (χ4v) is 3.05. The summed E-state index contributed by atoms with van der Waals surface area (Å²) in [5.74, 6) is -3.28. The Balaban J connectivity index is 2.41. The molecule has 0 aliphatic carbocycles. The first-order chi connectivity index (χ1) is 11.0. The van der Waals surface area contributed by atoms with Gasteiger partial charge in [-0.2, -0.15) is 0 Å². The second-order valence-corrected chi connectivity index (χ2v) is 5.63. The summed E-state index contributed by atoms with van der Waals surface area (Å²) in [7, 11) is 1.23. The van der Waals surface area contributed by atoms with E-state index in [1.807, 2.05) is 30.3 Å². The fourth-order valence-electron chi connectivity index (χ4n) is 3.05. The van der Waals surface area contributed by atoms with Crippen LogP contribution in [0.3, 0.4) is 0 Å². The first-order valence-electron chi connectivity index (χ1n) is 7.57. The molecule has 0 saturated carbocycles. The van der Waals surface area contributed by atoms with Crippen molar-refractivity contribution in [1.29, 1.82) is 0 Å². The monoisotopic (exact) mass is 319 g/mol. The van der Waals surface area contributed by atoms with Gasteiger partial charge in [-0.25, -0.2) is 4.79 Å². The van der Waals surface area contributed by atoms with Gasteiger partial charge in [-0.15, -0.1) is 0 Å². The molecule has 6 nitrogen and oxygen atoms in total. The van der Waals surface area contributed by atoms with Crippen LogP contribution in [-0.2, 0) is 30.3 Å². The molecule has 2 rings (SSSR count). The molecule has 1 amide bonds. The van der Waals surface area contributed by atoms with Crippen LogP contribution >= 0.6 is 0 Å². The lowest BCUT2D eigenvalue weighted by Gasteiger charge is -2.31. The van der Waals surface area contributed by atoms with Crippen LogP contribution in [0.5, 0.6) is 0 Å². The second-order valence-electron chi connectivity index (χ2n) is 5.63. The average molecular weight is 319 g/mol. The summed E-state index contributed by atoms with van der Waals surface area (Å²) in [5, 5.41) is 2.70. The molecule has 0 spiro atoms. The number of benzene rings is 1. The summed E-state index contributed by atoms with van der Waals surface area (Å²) < 4.78 is 9.88. The van der Waals surface area contributed by atoms with Crippen molar-refractivity contribution in [1.82, 2.24) is 5.32 Å². The van der Waals surface area contributed by atoms with E-state index in [4.69, 9.17) is 9.47 Å². The topological polar surface area (TPSA) is 81.7 Å². The second kappa shape index (κ2) is 6.81. The Morgan fingerprint density at radius 1 is 1.26 bits per heavy atom. The van der Waals surface area contributed by atoms with Crippen LogP contribution in [0.2, 0.25) is 0 Å². The number of rotatable bonds is 5. The number of carbonyl (C=O) groups is 3. The molecule has 0 radical (unpaired) electrons. The summed E-state index contributed by atoms with van der Waals surface area (Å²) in [5.41, 5.74) is -0.397. The van der Waals surface area contributed by atoms with Crippen LogP contribution in [0.1, 0.15) is 19.4 Å². The third kappa shape index (κ3) is 3.06. The predicted molar refractivity (Wildman–Crippen MR) is 82.3 cm³/mol. The van der Waals surface area contributed by atoms with Gasteiger partial charge in [-0.1, -0.05) is 37.3 Å². The lowest BCUT2D eigenvalue weighted by molar-refractivity contribution is -0.153. The zero-order valence-electron chi connectivity index (χ0n) is 13.5. The van der Waals surface area contributed by atoms with Crippen LogP contribution in [0.4, 0.5) is 0 Å².